The number of oxazole rings is 1. The zero-order valence-electron chi connectivity index (χ0n) is 9.75. The molecule has 96 valence electrons. The van der Waals surface area contributed by atoms with Gasteiger partial charge in [-0.15, -0.1) is 12.4 Å². The van der Waals surface area contributed by atoms with Crippen molar-refractivity contribution in [2.24, 2.45) is 0 Å². The van der Waals surface area contributed by atoms with E-state index >= 15 is 0 Å². The second-order valence-electron chi connectivity index (χ2n) is 3.35. The van der Waals surface area contributed by atoms with Gasteiger partial charge >= 0.3 is 5.97 Å². The van der Waals surface area contributed by atoms with Gasteiger partial charge in [0.15, 0.2) is 5.69 Å². The van der Waals surface area contributed by atoms with Crippen molar-refractivity contribution >= 4 is 24.1 Å². The second-order valence-corrected chi connectivity index (χ2v) is 3.35. The highest BCUT2D eigenvalue weighted by atomic mass is 35.5. The molecule has 0 atom stereocenters. The average molecular weight is 269 g/mol. The Labute approximate surface area is 110 Å². The first-order valence-electron chi connectivity index (χ1n) is 5.20. The highest BCUT2D eigenvalue weighted by molar-refractivity contribution is 5.87. The van der Waals surface area contributed by atoms with Gasteiger partial charge in [0.05, 0.1) is 12.2 Å². The van der Waals surface area contributed by atoms with E-state index in [0.717, 1.165) is 0 Å². The summed E-state index contributed by atoms with van der Waals surface area (Å²) in [5, 5.41) is 0. The minimum absolute atomic E-state index is 0. The molecule has 18 heavy (non-hydrogen) atoms. The Kier molecular flexibility index (Phi) is 4.74. The number of hydrogen-bond donors (Lipinski definition) is 1. The van der Waals surface area contributed by atoms with E-state index in [1.807, 2.05) is 12.1 Å². The summed E-state index contributed by atoms with van der Waals surface area (Å²) >= 11 is 0. The molecule has 1 heterocycles. The van der Waals surface area contributed by atoms with Crippen LogP contribution in [-0.4, -0.2) is 17.6 Å². The van der Waals surface area contributed by atoms with Gasteiger partial charge < -0.3 is 14.9 Å². The summed E-state index contributed by atoms with van der Waals surface area (Å²) in [6, 6.07) is 7.15. The molecule has 0 radical (unpaired) electrons. The van der Waals surface area contributed by atoms with E-state index < -0.39 is 5.97 Å². The molecular formula is C12H13ClN2O3. The van der Waals surface area contributed by atoms with Gasteiger partial charge in [-0.25, -0.2) is 9.78 Å². The van der Waals surface area contributed by atoms with Crippen molar-refractivity contribution in [1.82, 2.24) is 4.98 Å². The van der Waals surface area contributed by atoms with Crippen molar-refractivity contribution in [2.45, 2.75) is 6.92 Å². The molecule has 0 aliphatic rings. The van der Waals surface area contributed by atoms with Crippen LogP contribution in [0.25, 0.3) is 11.5 Å². The van der Waals surface area contributed by atoms with Crippen LogP contribution in [0.15, 0.2) is 34.9 Å². The van der Waals surface area contributed by atoms with Gasteiger partial charge in [-0.2, -0.15) is 0 Å². The highest BCUT2D eigenvalue weighted by Crippen LogP contribution is 2.24. The van der Waals surface area contributed by atoms with Crippen LogP contribution >= 0.6 is 12.4 Å². The summed E-state index contributed by atoms with van der Waals surface area (Å²) < 4.78 is 10.0. The summed E-state index contributed by atoms with van der Waals surface area (Å²) in [6.07, 6.45) is 1.26. The van der Waals surface area contributed by atoms with Crippen molar-refractivity contribution < 1.29 is 13.9 Å². The van der Waals surface area contributed by atoms with Gasteiger partial charge in [0.2, 0.25) is 5.89 Å². The minimum atomic E-state index is -0.503. The van der Waals surface area contributed by atoms with E-state index in [4.69, 9.17) is 14.9 Å². The summed E-state index contributed by atoms with van der Waals surface area (Å²) in [5.74, 6) is -0.192. The molecule has 2 rings (SSSR count). The number of carbonyl (C=O) groups excluding carboxylic acids is 1. The third-order valence-electron chi connectivity index (χ3n) is 2.18. The number of halogens is 1. The number of nitrogen functional groups attached to an aromatic ring is 1. The molecule has 0 spiro atoms. The number of nitrogens with two attached hydrogens (primary N) is 1. The number of aromatic nitrogens is 1. The van der Waals surface area contributed by atoms with Gasteiger partial charge in [0.25, 0.3) is 0 Å². The molecule has 1 aromatic heterocycles. The zero-order valence-corrected chi connectivity index (χ0v) is 10.6. The van der Waals surface area contributed by atoms with Gasteiger partial charge in [0.1, 0.15) is 6.26 Å². The number of hydrogen-bond acceptors (Lipinski definition) is 5. The summed E-state index contributed by atoms with van der Waals surface area (Å²) in [4.78, 5) is 15.4. The molecule has 2 aromatic rings. The van der Waals surface area contributed by atoms with E-state index in [2.05, 4.69) is 4.98 Å². The number of benzene rings is 1. The topological polar surface area (TPSA) is 78.3 Å². The fourth-order valence-electron chi connectivity index (χ4n) is 1.39. The molecule has 0 aliphatic carbocycles. The van der Waals surface area contributed by atoms with E-state index in [9.17, 15) is 4.79 Å². The number of para-hydroxylation sites is 1. The van der Waals surface area contributed by atoms with Crippen LogP contribution in [0.5, 0.6) is 0 Å². The van der Waals surface area contributed by atoms with Crippen molar-refractivity contribution in [1.29, 1.82) is 0 Å². The standard InChI is InChI=1S/C12H12N2O3.ClH/c1-2-16-12(15)10-7-17-11(14-10)8-5-3-4-6-9(8)13;/h3-7H,2,13H2,1H3;1H. The van der Waals surface area contributed by atoms with Gasteiger partial charge in [-0.1, -0.05) is 12.1 Å². The lowest BCUT2D eigenvalue weighted by Crippen LogP contribution is -2.04. The second kappa shape index (κ2) is 6.07. The fourth-order valence-corrected chi connectivity index (χ4v) is 1.39. The maximum atomic E-state index is 11.4. The van der Waals surface area contributed by atoms with Crippen LogP contribution in [0.2, 0.25) is 0 Å². The number of ether oxygens (including phenoxy) is 1. The average Bonchev–Trinajstić information content (AvgIpc) is 2.79. The van der Waals surface area contributed by atoms with Crippen molar-refractivity contribution in [2.75, 3.05) is 12.3 Å². The molecule has 0 aliphatic heterocycles. The molecule has 0 saturated carbocycles. The molecular weight excluding hydrogens is 256 g/mol. The van der Waals surface area contributed by atoms with Crippen LogP contribution in [0, 0.1) is 0 Å². The molecule has 2 N–H and O–H groups in total. The quantitative estimate of drug-likeness (QED) is 0.683. The Morgan fingerprint density at radius 2 is 2.17 bits per heavy atom. The first kappa shape index (κ1) is 14.1. The third kappa shape index (κ3) is 2.81. The first-order valence-corrected chi connectivity index (χ1v) is 5.20. The lowest BCUT2D eigenvalue weighted by atomic mass is 10.2. The SMILES string of the molecule is CCOC(=O)c1coc(-c2ccccc2N)n1.Cl. The molecule has 0 saturated heterocycles. The van der Waals surface area contributed by atoms with E-state index in [0.29, 0.717) is 23.7 Å². The van der Waals surface area contributed by atoms with Crippen LogP contribution in [0.4, 0.5) is 5.69 Å². The van der Waals surface area contributed by atoms with Crippen LogP contribution in [0.1, 0.15) is 17.4 Å². The Hall–Kier alpha value is -2.01. The number of carbonyl (C=O) groups is 1. The lowest BCUT2D eigenvalue weighted by Gasteiger charge is -1.99. The minimum Gasteiger partial charge on any atom is -0.461 e. The largest absolute Gasteiger partial charge is 0.461 e. The van der Waals surface area contributed by atoms with Gasteiger partial charge in [-0.05, 0) is 19.1 Å². The summed E-state index contributed by atoms with van der Waals surface area (Å²) in [7, 11) is 0. The molecule has 0 unspecified atom stereocenters. The van der Waals surface area contributed by atoms with E-state index in [1.54, 1.807) is 19.1 Å². The highest BCUT2D eigenvalue weighted by Gasteiger charge is 2.15. The molecule has 5 nitrogen and oxygen atoms in total. The molecule has 1 aromatic carbocycles. The van der Waals surface area contributed by atoms with Gasteiger partial charge in [-0.3, -0.25) is 0 Å². The zero-order chi connectivity index (χ0) is 12.3. The van der Waals surface area contributed by atoms with Crippen LogP contribution in [0.3, 0.4) is 0 Å². The van der Waals surface area contributed by atoms with E-state index in [-0.39, 0.29) is 18.1 Å². The number of esters is 1. The van der Waals surface area contributed by atoms with Crippen molar-refractivity contribution in [3.05, 3.63) is 36.2 Å². The molecule has 0 amide bonds. The summed E-state index contributed by atoms with van der Waals surface area (Å²) in [5.41, 5.74) is 7.13. The van der Waals surface area contributed by atoms with E-state index in [1.165, 1.54) is 6.26 Å². The third-order valence-corrected chi connectivity index (χ3v) is 2.18. The lowest BCUT2D eigenvalue weighted by molar-refractivity contribution is 0.0519. The Balaban J connectivity index is 0.00000162. The van der Waals surface area contributed by atoms with Gasteiger partial charge in [0, 0.05) is 5.69 Å². The Bertz CT molecular complexity index is 540. The predicted octanol–water partition coefficient (Wildman–Crippen LogP) is 2.52. The Morgan fingerprint density at radius 3 is 2.83 bits per heavy atom. The normalized spacial score (nSPS) is 9.61. The Morgan fingerprint density at radius 1 is 1.44 bits per heavy atom. The summed E-state index contributed by atoms with van der Waals surface area (Å²) in [6.45, 7) is 2.03. The maximum absolute atomic E-state index is 11.4. The fraction of sp³-hybridized carbons (Fsp3) is 0.167. The number of anilines is 1. The van der Waals surface area contributed by atoms with Crippen LogP contribution < -0.4 is 5.73 Å². The number of rotatable bonds is 3. The predicted molar refractivity (Wildman–Crippen MR) is 69.6 cm³/mol. The number of nitrogens with zero attached hydrogens (tertiary/aromatic N) is 1. The molecule has 0 fully saturated rings. The molecule has 6 heteroatoms. The molecule has 0 bridgehead atoms. The monoisotopic (exact) mass is 268 g/mol. The smallest absolute Gasteiger partial charge is 0.360 e. The van der Waals surface area contributed by atoms with Crippen LogP contribution in [-0.2, 0) is 4.74 Å². The maximum Gasteiger partial charge on any atom is 0.360 e. The van der Waals surface area contributed by atoms with Crippen molar-refractivity contribution in [3.63, 3.8) is 0 Å². The first-order chi connectivity index (χ1) is 8.22. The van der Waals surface area contributed by atoms with Crippen molar-refractivity contribution in [3.8, 4) is 11.5 Å².